The average Bonchev–Trinajstić information content (AvgIpc) is 2.29. The zero-order valence-corrected chi connectivity index (χ0v) is 9.65. The molecule has 0 heterocycles. The number of rotatable bonds is 4. The molecule has 0 saturated carbocycles. The molecular weight excluding hydrogens is 251 g/mol. The molecule has 92 valence electrons. The number of hydrogen-bond donors (Lipinski definition) is 1. The second-order valence-electron chi connectivity index (χ2n) is 3.34. The number of alkyl halides is 2. The first kappa shape index (κ1) is 13.4. The van der Waals surface area contributed by atoms with Crippen molar-refractivity contribution in [3.05, 3.63) is 35.9 Å². The van der Waals surface area contributed by atoms with E-state index in [4.69, 9.17) is 16.7 Å². The monoisotopic (exact) mass is 260 g/mol. The van der Waals surface area contributed by atoms with E-state index < -0.39 is 23.2 Å². The Kier molecular flexibility index (Phi) is 4.07. The molecule has 0 bridgehead atoms. The molecule has 1 rings (SSSR count). The fourth-order valence-corrected chi connectivity index (χ4v) is 1.10. The highest BCUT2D eigenvalue weighted by atomic mass is 35.5. The van der Waals surface area contributed by atoms with Crippen LogP contribution in [0.5, 0.6) is 0 Å². The maximum atomic E-state index is 13.4. The molecule has 0 spiro atoms. The van der Waals surface area contributed by atoms with Gasteiger partial charge in [0.2, 0.25) is 0 Å². The maximum Gasteiger partial charge on any atom is 0.361 e. The summed E-state index contributed by atoms with van der Waals surface area (Å²) in [4.78, 5) is 22.0. The predicted molar refractivity (Wildman–Crippen MR) is 58.6 cm³/mol. The molecule has 0 aliphatic heterocycles. The van der Waals surface area contributed by atoms with Crippen LogP contribution in [0, 0.1) is 0 Å². The highest BCUT2D eigenvalue weighted by Gasteiger charge is 2.45. The first-order chi connectivity index (χ1) is 7.85. The van der Waals surface area contributed by atoms with E-state index in [0.29, 0.717) is 0 Å². The van der Waals surface area contributed by atoms with E-state index in [1.54, 1.807) is 18.2 Å². The van der Waals surface area contributed by atoms with Crippen LogP contribution in [0.2, 0.25) is 0 Å². The molecule has 1 aromatic rings. The molecule has 2 atom stereocenters. The summed E-state index contributed by atoms with van der Waals surface area (Å²) in [7, 11) is 0. The van der Waals surface area contributed by atoms with Crippen molar-refractivity contribution in [3.63, 3.8) is 0 Å². The van der Waals surface area contributed by atoms with Gasteiger partial charge in [-0.05, 0) is 19.1 Å². The molecule has 0 aromatic heterocycles. The number of carbonyl (C=O) groups is 2. The highest BCUT2D eigenvalue weighted by Crippen LogP contribution is 2.25. The van der Waals surface area contributed by atoms with Gasteiger partial charge < -0.3 is 9.84 Å². The Hall–Kier alpha value is -1.62. The van der Waals surface area contributed by atoms with E-state index in [0.717, 1.165) is 6.92 Å². The molecule has 0 fully saturated rings. The Bertz CT molecular complexity index is 419. The van der Waals surface area contributed by atoms with Gasteiger partial charge in [-0.2, -0.15) is 0 Å². The van der Waals surface area contributed by atoms with Crippen LogP contribution in [0.25, 0.3) is 0 Å². The van der Waals surface area contributed by atoms with E-state index in [2.05, 4.69) is 4.74 Å². The van der Waals surface area contributed by atoms with Crippen LogP contribution < -0.4 is 0 Å². The van der Waals surface area contributed by atoms with Crippen LogP contribution in [0.1, 0.15) is 17.3 Å². The second-order valence-corrected chi connectivity index (χ2v) is 3.89. The third-order valence-corrected chi connectivity index (χ3v) is 2.56. The summed E-state index contributed by atoms with van der Waals surface area (Å²) >= 11 is 5.11. The number of carboxylic acids is 1. The van der Waals surface area contributed by atoms with Crippen LogP contribution >= 0.6 is 11.6 Å². The smallest absolute Gasteiger partial charge is 0.361 e. The van der Waals surface area contributed by atoms with Crippen molar-refractivity contribution in [1.82, 2.24) is 0 Å². The third-order valence-electron chi connectivity index (χ3n) is 2.09. The van der Waals surface area contributed by atoms with Crippen molar-refractivity contribution in [2.45, 2.75) is 18.2 Å². The molecule has 0 radical (unpaired) electrons. The lowest BCUT2D eigenvalue weighted by atomic mass is 10.2. The van der Waals surface area contributed by atoms with E-state index in [1.807, 2.05) is 0 Å². The summed E-state index contributed by atoms with van der Waals surface area (Å²) < 4.78 is 18.0. The van der Waals surface area contributed by atoms with Crippen LogP contribution in [0.3, 0.4) is 0 Å². The summed E-state index contributed by atoms with van der Waals surface area (Å²) in [6, 6.07) is 7.82. The van der Waals surface area contributed by atoms with Gasteiger partial charge >= 0.3 is 17.1 Å². The molecule has 17 heavy (non-hydrogen) atoms. The standard InChI is InChI=1S/C11H10ClFO4/c1-7(11(12,13)10(15)16)17-9(14)8-5-3-2-4-6-8/h2-7H,1H3,(H,15,16)/t7-,11+/m0/s1. The average molecular weight is 261 g/mol. The van der Waals surface area contributed by atoms with Crippen molar-refractivity contribution in [1.29, 1.82) is 0 Å². The van der Waals surface area contributed by atoms with Crippen LogP contribution in [0.15, 0.2) is 30.3 Å². The van der Waals surface area contributed by atoms with Gasteiger partial charge in [0, 0.05) is 0 Å². The second kappa shape index (κ2) is 5.14. The largest absolute Gasteiger partial charge is 0.478 e. The minimum atomic E-state index is -3.13. The molecule has 4 nitrogen and oxygen atoms in total. The van der Waals surface area contributed by atoms with Crippen molar-refractivity contribution in [2.75, 3.05) is 0 Å². The van der Waals surface area contributed by atoms with E-state index in [9.17, 15) is 14.0 Å². The van der Waals surface area contributed by atoms with Gasteiger partial charge in [-0.1, -0.05) is 29.8 Å². The first-order valence-corrected chi connectivity index (χ1v) is 5.10. The van der Waals surface area contributed by atoms with E-state index >= 15 is 0 Å². The van der Waals surface area contributed by atoms with Gasteiger partial charge in [0.05, 0.1) is 5.56 Å². The number of ether oxygens (including phenoxy) is 1. The molecule has 1 aromatic carbocycles. The molecule has 6 heteroatoms. The topological polar surface area (TPSA) is 63.6 Å². The van der Waals surface area contributed by atoms with Gasteiger partial charge in [0.15, 0.2) is 6.10 Å². The Balaban J connectivity index is 2.74. The maximum absolute atomic E-state index is 13.4. The molecule has 0 saturated heterocycles. The summed E-state index contributed by atoms with van der Waals surface area (Å²) in [5.41, 5.74) is 0.192. The minimum Gasteiger partial charge on any atom is -0.478 e. The normalized spacial score (nSPS) is 15.7. The zero-order valence-electron chi connectivity index (χ0n) is 8.89. The number of esters is 1. The van der Waals surface area contributed by atoms with Crippen LogP contribution in [-0.2, 0) is 9.53 Å². The van der Waals surface area contributed by atoms with Crippen molar-refractivity contribution >= 4 is 23.5 Å². The predicted octanol–water partition coefficient (Wildman–Crippen LogP) is 2.22. The van der Waals surface area contributed by atoms with E-state index in [1.165, 1.54) is 12.1 Å². The lowest BCUT2D eigenvalue weighted by Crippen LogP contribution is -2.41. The van der Waals surface area contributed by atoms with Gasteiger partial charge in [-0.15, -0.1) is 0 Å². The quantitative estimate of drug-likeness (QED) is 0.666. The van der Waals surface area contributed by atoms with Crippen LogP contribution in [0.4, 0.5) is 4.39 Å². The fraction of sp³-hybridized carbons (Fsp3) is 0.273. The van der Waals surface area contributed by atoms with Crippen molar-refractivity contribution in [2.24, 2.45) is 0 Å². The molecule has 0 aliphatic rings. The number of benzene rings is 1. The number of hydrogen-bond acceptors (Lipinski definition) is 3. The van der Waals surface area contributed by atoms with Gasteiger partial charge in [-0.3, -0.25) is 0 Å². The first-order valence-electron chi connectivity index (χ1n) is 4.73. The summed E-state index contributed by atoms with van der Waals surface area (Å²) in [6.07, 6.45) is -1.60. The van der Waals surface area contributed by atoms with Gasteiger partial charge in [-0.25, -0.2) is 14.0 Å². The Morgan fingerprint density at radius 2 is 1.94 bits per heavy atom. The number of aliphatic carboxylic acids is 1. The van der Waals surface area contributed by atoms with Crippen molar-refractivity contribution in [3.8, 4) is 0 Å². The van der Waals surface area contributed by atoms with Gasteiger partial charge in [0.1, 0.15) is 0 Å². The molecule has 1 N–H and O–H groups in total. The molecule has 0 unspecified atom stereocenters. The summed E-state index contributed by atoms with van der Waals surface area (Å²) in [5, 5.41) is 5.36. The number of carboxylic acid groups (broad SMARTS) is 1. The summed E-state index contributed by atoms with van der Waals surface area (Å²) in [6.45, 7) is 1.07. The number of halogens is 2. The summed E-state index contributed by atoms with van der Waals surface area (Å²) in [5.74, 6) is -2.73. The molecule has 0 aliphatic carbocycles. The molecular formula is C11H10ClFO4. The Labute approximate surface area is 102 Å². The Morgan fingerprint density at radius 3 is 2.41 bits per heavy atom. The van der Waals surface area contributed by atoms with Crippen molar-refractivity contribution < 1.29 is 23.8 Å². The lowest BCUT2D eigenvalue weighted by molar-refractivity contribution is -0.150. The number of carbonyl (C=O) groups excluding carboxylic acids is 1. The van der Waals surface area contributed by atoms with Crippen LogP contribution in [-0.4, -0.2) is 28.3 Å². The van der Waals surface area contributed by atoms with Gasteiger partial charge in [0.25, 0.3) is 0 Å². The molecule has 0 amide bonds. The minimum absolute atomic E-state index is 0.192. The zero-order chi connectivity index (χ0) is 13.1. The Morgan fingerprint density at radius 1 is 1.41 bits per heavy atom. The fourth-order valence-electron chi connectivity index (χ4n) is 1.05. The van der Waals surface area contributed by atoms with E-state index in [-0.39, 0.29) is 5.56 Å². The lowest BCUT2D eigenvalue weighted by Gasteiger charge is -2.20. The SMILES string of the molecule is C[C@H](OC(=O)c1ccccc1)[C@](F)(Cl)C(=O)O. The highest BCUT2D eigenvalue weighted by molar-refractivity contribution is 6.32. The third kappa shape index (κ3) is 3.17.